The van der Waals surface area contributed by atoms with Crippen LogP contribution in [0.15, 0.2) is 24.3 Å². The Hall–Kier alpha value is -1.35. The van der Waals surface area contributed by atoms with Crippen molar-refractivity contribution >= 4 is 5.91 Å². The van der Waals surface area contributed by atoms with Crippen LogP contribution in [0.4, 0.5) is 0 Å². The maximum absolute atomic E-state index is 12.1. The summed E-state index contributed by atoms with van der Waals surface area (Å²) in [5.41, 5.74) is 8.39. The quantitative estimate of drug-likeness (QED) is 0.832. The number of rotatable bonds is 7. The Morgan fingerprint density at radius 2 is 1.75 bits per heavy atom. The summed E-state index contributed by atoms with van der Waals surface area (Å²) in [5, 5.41) is 0. The van der Waals surface area contributed by atoms with E-state index in [1.807, 2.05) is 19.2 Å². The molecule has 0 heterocycles. The van der Waals surface area contributed by atoms with Gasteiger partial charge in [-0.25, -0.2) is 0 Å². The SMILES string of the molecule is CCc1ccc(CC(=O)N(C)CCC(N)C(C)C)cc1. The molecule has 2 N–H and O–H groups in total. The topological polar surface area (TPSA) is 46.3 Å². The molecule has 1 aromatic carbocycles. The number of nitrogens with two attached hydrogens (primary N) is 1. The van der Waals surface area contributed by atoms with Gasteiger partial charge in [-0.3, -0.25) is 4.79 Å². The number of carbonyl (C=O) groups excluding carboxylic acids is 1. The molecule has 0 saturated carbocycles. The van der Waals surface area contributed by atoms with E-state index < -0.39 is 0 Å². The van der Waals surface area contributed by atoms with Gasteiger partial charge in [0.05, 0.1) is 6.42 Å². The average Bonchev–Trinajstić information content (AvgIpc) is 2.44. The van der Waals surface area contributed by atoms with Gasteiger partial charge in [0.2, 0.25) is 5.91 Å². The lowest BCUT2D eigenvalue weighted by Crippen LogP contribution is -2.35. The van der Waals surface area contributed by atoms with Crippen molar-refractivity contribution in [1.82, 2.24) is 4.90 Å². The molecule has 20 heavy (non-hydrogen) atoms. The Morgan fingerprint density at radius 3 is 2.25 bits per heavy atom. The van der Waals surface area contributed by atoms with Gasteiger partial charge in [0.15, 0.2) is 0 Å². The molecule has 3 heteroatoms. The molecule has 0 aliphatic heterocycles. The molecule has 0 fully saturated rings. The monoisotopic (exact) mass is 276 g/mol. The number of hydrogen-bond donors (Lipinski definition) is 1. The van der Waals surface area contributed by atoms with Crippen molar-refractivity contribution in [3.8, 4) is 0 Å². The van der Waals surface area contributed by atoms with Crippen molar-refractivity contribution in [2.75, 3.05) is 13.6 Å². The minimum atomic E-state index is 0.158. The van der Waals surface area contributed by atoms with Gasteiger partial charge in [-0.15, -0.1) is 0 Å². The van der Waals surface area contributed by atoms with E-state index in [2.05, 4.69) is 32.9 Å². The molecule has 3 nitrogen and oxygen atoms in total. The van der Waals surface area contributed by atoms with Crippen LogP contribution >= 0.6 is 0 Å². The molecule has 1 rings (SSSR count). The van der Waals surface area contributed by atoms with Gasteiger partial charge in [-0.05, 0) is 29.9 Å². The summed E-state index contributed by atoms with van der Waals surface area (Å²) >= 11 is 0. The lowest BCUT2D eigenvalue weighted by Gasteiger charge is -2.21. The summed E-state index contributed by atoms with van der Waals surface area (Å²) in [5.74, 6) is 0.616. The Morgan fingerprint density at radius 1 is 1.20 bits per heavy atom. The van der Waals surface area contributed by atoms with E-state index in [1.54, 1.807) is 4.90 Å². The molecule has 0 aromatic heterocycles. The molecule has 0 radical (unpaired) electrons. The van der Waals surface area contributed by atoms with Crippen molar-refractivity contribution < 1.29 is 4.79 Å². The van der Waals surface area contributed by atoms with Gasteiger partial charge in [0, 0.05) is 19.6 Å². The maximum atomic E-state index is 12.1. The molecule has 1 amide bonds. The largest absolute Gasteiger partial charge is 0.345 e. The van der Waals surface area contributed by atoms with Crippen molar-refractivity contribution in [3.05, 3.63) is 35.4 Å². The van der Waals surface area contributed by atoms with Crippen LogP contribution in [0.1, 0.15) is 38.3 Å². The van der Waals surface area contributed by atoms with E-state index in [9.17, 15) is 4.79 Å². The Bertz CT molecular complexity index is 412. The number of aryl methyl sites for hydroxylation is 1. The molecule has 0 bridgehead atoms. The highest BCUT2D eigenvalue weighted by Gasteiger charge is 2.13. The Kier molecular flexibility index (Phi) is 6.73. The minimum Gasteiger partial charge on any atom is -0.345 e. The van der Waals surface area contributed by atoms with Crippen LogP contribution in [0.2, 0.25) is 0 Å². The molecule has 1 unspecified atom stereocenters. The first-order valence-electron chi connectivity index (χ1n) is 7.51. The molecule has 0 spiro atoms. The third-order valence-electron chi connectivity index (χ3n) is 3.87. The number of likely N-dealkylation sites (N-methyl/N-ethyl adjacent to an activating group) is 1. The van der Waals surface area contributed by atoms with Crippen LogP contribution in [-0.2, 0) is 17.6 Å². The fraction of sp³-hybridized carbons (Fsp3) is 0.588. The minimum absolute atomic E-state index is 0.158. The lowest BCUT2D eigenvalue weighted by atomic mass is 10.0. The number of hydrogen-bond acceptors (Lipinski definition) is 2. The summed E-state index contributed by atoms with van der Waals surface area (Å²) in [4.78, 5) is 13.9. The maximum Gasteiger partial charge on any atom is 0.226 e. The smallest absolute Gasteiger partial charge is 0.226 e. The predicted molar refractivity (Wildman–Crippen MR) is 84.6 cm³/mol. The molecular formula is C17H28N2O. The van der Waals surface area contributed by atoms with Gasteiger partial charge in [0.1, 0.15) is 0 Å². The zero-order valence-corrected chi connectivity index (χ0v) is 13.2. The Balaban J connectivity index is 2.44. The first-order valence-corrected chi connectivity index (χ1v) is 7.51. The van der Waals surface area contributed by atoms with Crippen molar-refractivity contribution in [1.29, 1.82) is 0 Å². The van der Waals surface area contributed by atoms with Crippen LogP contribution in [-0.4, -0.2) is 30.4 Å². The van der Waals surface area contributed by atoms with Gasteiger partial charge in [-0.1, -0.05) is 45.0 Å². The predicted octanol–water partition coefficient (Wildman–Crippen LogP) is 2.62. The number of nitrogens with zero attached hydrogens (tertiary/aromatic N) is 1. The van der Waals surface area contributed by atoms with Crippen molar-refractivity contribution in [3.63, 3.8) is 0 Å². The van der Waals surface area contributed by atoms with E-state index in [0.29, 0.717) is 12.3 Å². The second-order valence-corrected chi connectivity index (χ2v) is 5.86. The Labute approximate surface area is 123 Å². The highest BCUT2D eigenvalue weighted by atomic mass is 16.2. The van der Waals surface area contributed by atoms with Crippen LogP contribution in [0.3, 0.4) is 0 Å². The van der Waals surface area contributed by atoms with E-state index >= 15 is 0 Å². The standard InChI is InChI=1S/C17H28N2O/c1-5-14-6-8-15(9-7-14)12-17(20)19(4)11-10-16(18)13(2)3/h6-9,13,16H,5,10-12,18H2,1-4H3. The number of benzene rings is 1. The molecule has 1 aromatic rings. The van der Waals surface area contributed by atoms with Crippen molar-refractivity contribution in [2.24, 2.45) is 11.7 Å². The van der Waals surface area contributed by atoms with E-state index in [-0.39, 0.29) is 11.9 Å². The third kappa shape index (κ3) is 5.33. The van der Waals surface area contributed by atoms with Gasteiger partial charge in [0.25, 0.3) is 0 Å². The van der Waals surface area contributed by atoms with E-state index in [1.165, 1.54) is 5.56 Å². The molecule has 112 valence electrons. The van der Waals surface area contributed by atoms with E-state index in [4.69, 9.17) is 5.73 Å². The summed E-state index contributed by atoms with van der Waals surface area (Å²) in [6.07, 6.45) is 2.35. The van der Waals surface area contributed by atoms with Gasteiger partial charge in [-0.2, -0.15) is 0 Å². The number of amides is 1. The lowest BCUT2D eigenvalue weighted by molar-refractivity contribution is -0.129. The molecule has 0 aliphatic carbocycles. The first kappa shape index (κ1) is 16.7. The van der Waals surface area contributed by atoms with Crippen LogP contribution < -0.4 is 5.73 Å². The second kappa shape index (κ2) is 8.05. The van der Waals surface area contributed by atoms with Gasteiger partial charge >= 0.3 is 0 Å². The molecule has 0 saturated heterocycles. The normalized spacial score (nSPS) is 12.5. The highest BCUT2D eigenvalue weighted by molar-refractivity contribution is 5.78. The first-order chi connectivity index (χ1) is 9.43. The second-order valence-electron chi connectivity index (χ2n) is 5.86. The number of carbonyl (C=O) groups is 1. The van der Waals surface area contributed by atoms with E-state index in [0.717, 1.165) is 24.9 Å². The summed E-state index contributed by atoms with van der Waals surface area (Å²) < 4.78 is 0. The van der Waals surface area contributed by atoms with Crippen LogP contribution in [0.25, 0.3) is 0 Å². The van der Waals surface area contributed by atoms with Gasteiger partial charge < -0.3 is 10.6 Å². The van der Waals surface area contributed by atoms with Crippen molar-refractivity contribution in [2.45, 2.75) is 46.1 Å². The molecular weight excluding hydrogens is 248 g/mol. The molecule has 0 aliphatic rings. The summed E-state index contributed by atoms with van der Waals surface area (Å²) in [6, 6.07) is 8.44. The fourth-order valence-corrected chi connectivity index (χ4v) is 2.00. The molecule has 1 atom stereocenters. The highest BCUT2D eigenvalue weighted by Crippen LogP contribution is 2.08. The summed E-state index contributed by atoms with van der Waals surface area (Å²) in [6.45, 7) is 7.08. The zero-order chi connectivity index (χ0) is 15.1. The van der Waals surface area contributed by atoms with Crippen LogP contribution in [0.5, 0.6) is 0 Å². The average molecular weight is 276 g/mol. The third-order valence-corrected chi connectivity index (χ3v) is 3.87. The summed E-state index contributed by atoms with van der Waals surface area (Å²) in [7, 11) is 1.86. The zero-order valence-electron chi connectivity index (χ0n) is 13.2. The van der Waals surface area contributed by atoms with Crippen LogP contribution in [0, 0.1) is 5.92 Å². The fourth-order valence-electron chi connectivity index (χ4n) is 2.00.